The van der Waals surface area contributed by atoms with Gasteiger partial charge in [0, 0.05) is 37.9 Å². The molecule has 1 aliphatic heterocycles. The maximum Gasteiger partial charge on any atom is 0.240 e. The van der Waals surface area contributed by atoms with Crippen molar-refractivity contribution in [2.24, 2.45) is 0 Å². The third kappa shape index (κ3) is 5.18. The molecule has 2 aromatic carbocycles. The van der Waals surface area contributed by atoms with Crippen LogP contribution in [0.3, 0.4) is 0 Å². The van der Waals surface area contributed by atoms with Crippen LogP contribution in [-0.4, -0.2) is 28.4 Å². The van der Waals surface area contributed by atoms with Gasteiger partial charge in [0.25, 0.3) is 0 Å². The smallest absolute Gasteiger partial charge is 0.240 e. The van der Waals surface area contributed by atoms with Crippen molar-refractivity contribution in [3.8, 4) is 12.1 Å². The van der Waals surface area contributed by atoms with Crippen LogP contribution in [0.2, 0.25) is 0 Å². The third-order valence-electron chi connectivity index (χ3n) is 5.61. The first-order valence-electron chi connectivity index (χ1n) is 10.6. The summed E-state index contributed by atoms with van der Waals surface area (Å²) in [4.78, 5) is 19.1. The van der Waals surface area contributed by atoms with Gasteiger partial charge in [0.1, 0.15) is 0 Å². The second kappa shape index (κ2) is 9.87. The van der Waals surface area contributed by atoms with Crippen molar-refractivity contribution in [3.63, 3.8) is 0 Å². The number of carbonyl (C=O) groups is 1. The SMILES string of the molecule is N#Cc1cccc(Cc2ccc(CN[C@@H]3CCN(Cc4cccc(C#N)c4)C3=O)cn2)c1. The molecule has 158 valence electrons. The minimum atomic E-state index is -0.206. The standard InChI is InChI=1S/C26H23N5O/c27-14-20-4-1-3-19(11-20)13-24-8-7-23(16-29-24)17-30-25-9-10-31(26(25)32)18-22-6-2-5-21(12-22)15-28/h1-8,11-12,16,25,30H,9-10,13,17-18H2/t25-/m1/s1. The quantitative estimate of drug-likeness (QED) is 0.632. The molecule has 6 heteroatoms. The van der Waals surface area contributed by atoms with E-state index < -0.39 is 0 Å². The van der Waals surface area contributed by atoms with Crippen LogP contribution in [0.25, 0.3) is 0 Å². The molecule has 1 aromatic heterocycles. The summed E-state index contributed by atoms with van der Waals surface area (Å²) in [6.45, 7) is 1.80. The molecule has 4 rings (SSSR count). The molecule has 0 unspecified atom stereocenters. The maximum atomic E-state index is 12.8. The van der Waals surface area contributed by atoms with E-state index in [0.717, 1.165) is 28.8 Å². The number of nitrogens with one attached hydrogen (secondary N) is 1. The van der Waals surface area contributed by atoms with Crippen LogP contribution in [0.5, 0.6) is 0 Å². The largest absolute Gasteiger partial charge is 0.337 e. The molecule has 0 radical (unpaired) electrons. The van der Waals surface area contributed by atoms with Crippen molar-refractivity contribution in [3.05, 3.63) is 100 Å². The Balaban J connectivity index is 1.29. The van der Waals surface area contributed by atoms with Gasteiger partial charge in [-0.3, -0.25) is 9.78 Å². The lowest BCUT2D eigenvalue weighted by molar-refractivity contribution is -0.129. The number of nitrogens with zero attached hydrogens (tertiary/aromatic N) is 4. The molecule has 6 nitrogen and oxygen atoms in total. The Hall–Kier alpha value is -4.00. The van der Waals surface area contributed by atoms with Crippen molar-refractivity contribution in [2.45, 2.75) is 32.0 Å². The monoisotopic (exact) mass is 421 g/mol. The molecule has 3 aromatic rings. The van der Waals surface area contributed by atoms with Gasteiger partial charge < -0.3 is 10.2 Å². The average Bonchev–Trinajstić information content (AvgIpc) is 3.18. The minimum absolute atomic E-state index is 0.0920. The van der Waals surface area contributed by atoms with E-state index in [1.54, 1.807) is 12.1 Å². The van der Waals surface area contributed by atoms with Crippen molar-refractivity contribution in [1.82, 2.24) is 15.2 Å². The van der Waals surface area contributed by atoms with Crippen molar-refractivity contribution >= 4 is 5.91 Å². The lowest BCUT2D eigenvalue weighted by Crippen LogP contribution is -2.37. The summed E-state index contributed by atoms with van der Waals surface area (Å²) in [5, 5.41) is 21.4. The molecule has 32 heavy (non-hydrogen) atoms. The molecule has 1 amide bonds. The molecule has 1 atom stereocenters. The number of hydrogen-bond acceptors (Lipinski definition) is 5. The van der Waals surface area contributed by atoms with Gasteiger partial charge in [-0.1, -0.05) is 30.3 Å². The number of aromatic nitrogens is 1. The Kier molecular flexibility index (Phi) is 6.55. The van der Waals surface area contributed by atoms with Crippen LogP contribution >= 0.6 is 0 Å². The molecule has 1 fully saturated rings. The van der Waals surface area contributed by atoms with Gasteiger partial charge in [0.15, 0.2) is 0 Å². The summed E-state index contributed by atoms with van der Waals surface area (Å²) in [7, 11) is 0. The van der Waals surface area contributed by atoms with Crippen LogP contribution in [0, 0.1) is 22.7 Å². The first-order valence-corrected chi connectivity index (χ1v) is 10.6. The first kappa shape index (κ1) is 21.2. The van der Waals surface area contributed by atoms with Gasteiger partial charge in [-0.05, 0) is 53.4 Å². The number of hydrogen-bond donors (Lipinski definition) is 1. The molecule has 2 heterocycles. The average molecular weight is 422 g/mol. The number of rotatable bonds is 7. The summed E-state index contributed by atoms with van der Waals surface area (Å²) in [5.41, 5.74) is 5.24. The fourth-order valence-corrected chi connectivity index (χ4v) is 3.91. The first-order chi connectivity index (χ1) is 15.6. The summed E-state index contributed by atoms with van der Waals surface area (Å²) in [6.07, 6.45) is 3.27. The minimum Gasteiger partial charge on any atom is -0.337 e. The summed E-state index contributed by atoms with van der Waals surface area (Å²) >= 11 is 0. The molecule has 0 aliphatic carbocycles. The summed E-state index contributed by atoms with van der Waals surface area (Å²) in [6, 6.07) is 23.0. The fraction of sp³-hybridized carbons (Fsp3) is 0.231. The highest BCUT2D eigenvalue weighted by atomic mass is 16.2. The number of likely N-dealkylation sites (tertiary alicyclic amines) is 1. The zero-order valence-corrected chi connectivity index (χ0v) is 17.7. The topological polar surface area (TPSA) is 92.8 Å². The predicted molar refractivity (Wildman–Crippen MR) is 120 cm³/mol. The normalized spacial score (nSPS) is 15.4. The Labute approximate surface area is 187 Å². The Morgan fingerprint density at radius 1 is 0.969 bits per heavy atom. The third-order valence-corrected chi connectivity index (χ3v) is 5.61. The van der Waals surface area contributed by atoms with Crippen LogP contribution in [0.1, 0.15) is 39.9 Å². The highest BCUT2D eigenvalue weighted by Gasteiger charge is 2.31. The number of pyridine rings is 1. The van der Waals surface area contributed by atoms with Gasteiger partial charge >= 0.3 is 0 Å². The maximum absolute atomic E-state index is 12.8. The molecule has 0 saturated carbocycles. The lowest BCUT2D eigenvalue weighted by atomic mass is 10.1. The van der Waals surface area contributed by atoms with E-state index in [2.05, 4.69) is 22.4 Å². The van der Waals surface area contributed by atoms with Crippen LogP contribution in [-0.2, 0) is 24.3 Å². The van der Waals surface area contributed by atoms with Crippen LogP contribution < -0.4 is 5.32 Å². The summed E-state index contributed by atoms with van der Waals surface area (Å²) < 4.78 is 0. The van der Waals surface area contributed by atoms with E-state index in [1.165, 1.54) is 0 Å². The van der Waals surface area contributed by atoms with Gasteiger partial charge in [-0.25, -0.2) is 0 Å². The number of amides is 1. The molecule has 0 spiro atoms. The second-order valence-corrected chi connectivity index (χ2v) is 7.94. The van der Waals surface area contributed by atoms with E-state index in [-0.39, 0.29) is 11.9 Å². The summed E-state index contributed by atoms with van der Waals surface area (Å²) in [5.74, 6) is 0.0920. The van der Waals surface area contributed by atoms with Crippen molar-refractivity contribution in [2.75, 3.05) is 6.54 Å². The Morgan fingerprint density at radius 3 is 2.38 bits per heavy atom. The van der Waals surface area contributed by atoms with Crippen molar-refractivity contribution in [1.29, 1.82) is 10.5 Å². The zero-order valence-electron chi connectivity index (χ0n) is 17.7. The van der Waals surface area contributed by atoms with E-state index in [1.807, 2.05) is 59.6 Å². The Morgan fingerprint density at radius 2 is 1.69 bits per heavy atom. The van der Waals surface area contributed by atoms with E-state index in [9.17, 15) is 4.79 Å². The molecular formula is C26H23N5O. The van der Waals surface area contributed by atoms with Crippen LogP contribution in [0.15, 0.2) is 66.9 Å². The fourth-order valence-electron chi connectivity index (χ4n) is 3.91. The number of benzene rings is 2. The molecular weight excluding hydrogens is 398 g/mol. The van der Waals surface area contributed by atoms with Crippen LogP contribution in [0.4, 0.5) is 0 Å². The molecule has 1 aliphatic rings. The van der Waals surface area contributed by atoms with Gasteiger partial charge in [-0.15, -0.1) is 0 Å². The Bertz CT molecular complexity index is 1190. The van der Waals surface area contributed by atoms with E-state index in [4.69, 9.17) is 10.5 Å². The second-order valence-electron chi connectivity index (χ2n) is 7.94. The highest BCUT2D eigenvalue weighted by molar-refractivity contribution is 5.84. The van der Waals surface area contributed by atoms with E-state index >= 15 is 0 Å². The van der Waals surface area contributed by atoms with E-state index in [0.29, 0.717) is 37.2 Å². The predicted octanol–water partition coefficient (Wildman–Crippen LogP) is 3.31. The van der Waals surface area contributed by atoms with Crippen molar-refractivity contribution < 1.29 is 4.79 Å². The van der Waals surface area contributed by atoms with Gasteiger partial charge in [0.2, 0.25) is 5.91 Å². The molecule has 0 bridgehead atoms. The zero-order chi connectivity index (χ0) is 22.3. The van der Waals surface area contributed by atoms with Gasteiger partial charge in [0.05, 0.1) is 29.3 Å². The number of nitriles is 2. The number of carbonyl (C=O) groups excluding carboxylic acids is 1. The lowest BCUT2D eigenvalue weighted by Gasteiger charge is -2.17. The molecule has 1 N–H and O–H groups in total. The highest BCUT2D eigenvalue weighted by Crippen LogP contribution is 2.17. The molecule has 1 saturated heterocycles. The van der Waals surface area contributed by atoms with Gasteiger partial charge in [-0.2, -0.15) is 10.5 Å².